The minimum absolute atomic E-state index is 0.000780. The number of carbonyl (C=O) groups excluding carboxylic acids is 3. The molecule has 11 heteroatoms. The van der Waals surface area contributed by atoms with Crippen LogP contribution in [0.1, 0.15) is 15.9 Å². The molecular formula is C27H35ClN4O5S. The summed E-state index contributed by atoms with van der Waals surface area (Å²) in [6.45, 7) is 3.80. The number of hydrogen-bond acceptors (Lipinski definition) is 8. The van der Waals surface area contributed by atoms with Crippen LogP contribution in [0.3, 0.4) is 0 Å². The number of anilines is 1. The summed E-state index contributed by atoms with van der Waals surface area (Å²) in [4.78, 5) is 44.0. The lowest BCUT2D eigenvalue weighted by atomic mass is 10.1. The van der Waals surface area contributed by atoms with Crippen LogP contribution in [-0.4, -0.2) is 103 Å². The number of aliphatic hydroxyl groups is 1. The fourth-order valence-electron chi connectivity index (χ4n) is 4.22. The summed E-state index contributed by atoms with van der Waals surface area (Å²) in [5.74, 6) is -0.839. The molecule has 0 radical (unpaired) electrons. The fraction of sp³-hybridized carbons (Fsp3) is 0.444. The maximum absolute atomic E-state index is 13.2. The van der Waals surface area contributed by atoms with Crippen molar-refractivity contribution >= 4 is 46.8 Å². The van der Waals surface area contributed by atoms with Crippen LogP contribution in [0.15, 0.2) is 48.5 Å². The third-order valence-electron chi connectivity index (χ3n) is 6.35. The Balaban J connectivity index is 1.59. The maximum atomic E-state index is 13.2. The summed E-state index contributed by atoms with van der Waals surface area (Å²) < 4.78 is 4.79. The highest BCUT2D eigenvalue weighted by Gasteiger charge is 2.33. The molecule has 0 aromatic heterocycles. The number of thioether (sulfide) groups is 1. The Morgan fingerprint density at radius 3 is 2.32 bits per heavy atom. The van der Waals surface area contributed by atoms with Gasteiger partial charge in [-0.2, -0.15) is 0 Å². The summed E-state index contributed by atoms with van der Waals surface area (Å²) in [6.07, 6.45) is 0.928. The molecular weight excluding hydrogens is 528 g/mol. The number of rotatable bonds is 12. The molecule has 3 rings (SSSR count). The van der Waals surface area contributed by atoms with E-state index in [0.717, 1.165) is 42.8 Å². The van der Waals surface area contributed by atoms with Crippen molar-refractivity contribution in [2.45, 2.75) is 11.7 Å². The number of benzene rings is 2. The highest BCUT2D eigenvalue weighted by molar-refractivity contribution is 8.01. The van der Waals surface area contributed by atoms with Crippen molar-refractivity contribution in [2.75, 3.05) is 70.2 Å². The lowest BCUT2D eigenvalue weighted by Crippen LogP contribution is -2.49. The number of piperazine rings is 1. The standard InChI is InChI=1S/C27H35ClN4O5S/c1-37-27(36)24(38-19-11-29)26(35)32(17-18-33)23-8-4-21(5-9-23)25(34)31-15-13-30(14-16-31)12-10-20-2-6-22(28)7-3-20/h2-9,24,33H,10-19,29H2,1H3/t24-/m1/s1. The highest BCUT2D eigenvalue weighted by Crippen LogP contribution is 2.22. The van der Waals surface area contributed by atoms with Crippen LogP contribution in [0.25, 0.3) is 0 Å². The van der Waals surface area contributed by atoms with E-state index in [4.69, 9.17) is 22.1 Å². The van der Waals surface area contributed by atoms with E-state index in [-0.39, 0.29) is 19.1 Å². The lowest BCUT2D eigenvalue weighted by molar-refractivity contribution is -0.142. The number of nitrogens with zero attached hydrogens (tertiary/aromatic N) is 3. The Morgan fingerprint density at radius 2 is 1.74 bits per heavy atom. The molecule has 206 valence electrons. The van der Waals surface area contributed by atoms with Gasteiger partial charge in [-0.15, -0.1) is 11.8 Å². The fourth-order valence-corrected chi connectivity index (χ4v) is 5.22. The predicted octanol–water partition coefficient (Wildman–Crippen LogP) is 1.90. The van der Waals surface area contributed by atoms with Gasteiger partial charge in [-0.25, -0.2) is 0 Å². The molecule has 3 N–H and O–H groups in total. The first-order chi connectivity index (χ1) is 18.4. The van der Waals surface area contributed by atoms with Crippen molar-refractivity contribution in [2.24, 2.45) is 5.73 Å². The summed E-state index contributed by atoms with van der Waals surface area (Å²) >= 11 is 7.06. The number of ether oxygens (including phenoxy) is 1. The number of amides is 2. The smallest absolute Gasteiger partial charge is 0.328 e. The van der Waals surface area contributed by atoms with Gasteiger partial charge in [0.15, 0.2) is 5.25 Å². The largest absolute Gasteiger partial charge is 0.468 e. The summed E-state index contributed by atoms with van der Waals surface area (Å²) in [5, 5.41) is 9.18. The van der Waals surface area contributed by atoms with Crippen LogP contribution in [0.2, 0.25) is 5.02 Å². The molecule has 0 spiro atoms. The molecule has 0 aliphatic carbocycles. The van der Waals surface area contributed by atoms with Crippen LogP contribution in [0, 0.1) is 0 Å². The van der Waals surface area contributed by atoms with Crippen LogP contribution in [-0.2, 0) is 20.7 Å². The first-order valence-corrected chi connectivity index (χ1v) is 14.0. The first kappa shape index (κ1) is 29.9. The van der Waals surface area contributed by atoms with E-state index in [9.17, 15) is 19.5 Å². The topological polar surface area (TPSA) is 116 Å². The Labute approximate surface area is 232 Å². The van der Waals surface area contributed by atoms with Gasteiger partial charge in [0.05, 0.1) is 13.7 Å². The van der Waals surface area contributed by atoms with Crippen molar-refractivity contribution in [1.29, 1.82) is 0 Å². The molecule has 1 fully saturated rings. The highest BCUT2D eigenvalue weighted by atomic mass is 35.5. The van der Waals surface area contributed by atoms with Gasteiger partial charge >= 0.3 is 5.97 Å². The van der Waals surface area contributed by atoms with E-state index in [2.05, 4.69) is 4.90 Å². The Kier molecular flexibility index (Phi) is 11.9. The number of methoxy groups -OCH3 is 1. The molecule has 2 aromatic rings. The van der Waals surface area contributed by atoms with Crippen LogP contribution in [0.4, 0.5) is 5.69 Å². The average Bonchev–Trinajstić information content (AvgIpc) is 2.95. The Bertz CT molecular complexity index is 1060. The van der Waals surface area contributed by atoms with E-state index in [1.54, 1.807) is 24.3 Å². The van der Waals surface area contributed by atoms with Crippen molar-refractivity contribution in [3.05, 3.63) is 64.7 Å². The van der Waals surface area contributed by atoms with E-state index in [1.165, 1.54) is 17.6 Å². The van der Waals surface area contributed by atoms with Gasteiger partial charge in [0, 0.05) is 67.8 Å². The van der Waals surface area contributed by atoms with Gasteiger partial charge in [0.25, 0.3) is 11.8 Å². The monoisotopic (exact) mass is 562 g/mol. The maximum Gasteiger partial charge on any atom is 0.328 e. The van der Waals surface area contributed by atoms with Crippen molar-refractivity contribution in [3.8, 4) is 0 Å². The molecule has 1 aliphatic rings. The Hall–Kier alpha value is -2.63. The molecule has 9 nitrogen and oxygen atoms in total. The molecule has 0 saturated carbocycles. The third kappa shape index (κ3) is 8.18. The van der Waals surface area contributed by atoms with Gasteiger partial charge in [-0.1, -0.05) is 23.7 Å². The van der Waals surface area contributed by atoms with Crippen LogP contribution in [0.5, 0.6) is 0 Å². The van der Waals surface area contributed by atoms with E-state index >= 15 is 0 Å². The zero-order chi connectivity index (χ0) is 27.5. The second kappa shape index (κ2) is 15.1. The molecule has 1 heterocycles. The van der Waals surface area contributed by atoms with Gasteiger partial charge in [0.2, 0.25) is 0 Å². The number of hydrogen-bond donors (Lipinski definition) is 2. The first-order valence-electron chi connectivity index (χ1n) is 12.6. The molecule has 38 heavy (non-hydrogen) atoms. The normalized spacial score (nSPS) is 14.7. The zero-order valence-electron chi connectivity index (χ0n) is 21.6. The Morgan fingerprint density at radius 1 is 1.08 bits per heavy atom. The molecule has 0 unspecified atom stereocenters. The predicted molar refractivity (Wildman–Crippen MR) is 151 cm³/mol. The SMILES string of the molecule is COC(=O)[C@H](SCCN)C(=O)N(CCO)c1ccc(C(=O)N2CCN(CCc3ccc(Cl)cc3)CC2)cc1. The third-order valence-corrected chi connectivity index (χ3v) is 7.80. The number of halogens is 1. The van der Waals surface area contributed by atoms with E-state index < -0.39 is 17.1 Å². The van der Waals surface area contributed by atoms with Crippen molar-refractivity contribution < 1.29 is 24.2 Å². The minimum Gasteiger partial charge on any atom is -0.468 e. The van der Waals surface area contributed by atoms with E-state index in [1.807, 2.05) is 29.2 Å². The lowest BCUT2D eigenvalue weighted by Gasteiger charge is -2.35. The van der Waals surface area contributed by atoms with Crippen LogP contribution >= 0.6 is 23.4 Å². The van der Waals surface area contributed by atoms with Gasteiger partial charge in [-0.3, -0.25) is 19.3 Å². The average molecular weight is 563 g/mol. The molecule has 1 atom stereocenters. The zero-order valence-corrected chi connectivity index (χ0v) is 23.1. The molecule has 0 bridgehead atoms. The quantitative estimate of drug-likeness (QED) is 0.298. The second-order valence-corrected chi connectivity index (χ2v) is 10.5. The van der Waals surface area contributed by atoms with Crippen molar-refractivity contribution in [1.82, 2.24) is 9.80 Å². The summed E-state index contributed by atoms with van der Waals surface area (Å²) in [5.41, 5.74) is 7.77. The molecule has 2 aromatic carbocycles. The van der Waals surface area contributed by atoms with E-state index in [0.29, 0.717) is 36.6 Å². The van der Waals surface area contributed by atoms with Crippen LogP contribution < -0.4 is 10.6 Å². The molecule has 1 saturated heterocycles. The minimum atomic E-state index is -1.09. The van der Waals surface area contributed by atoms with Crippen molar-refractivity contribution in [3.63, 3.8) is 0 Å². The number of esters is 1. The second-order valence-electron chi connectivity index (χ2n) is 8.83. The molecule has 2 amide bonds. The van der Waals surface area contributed by atoms with Gasteiger partial charge < -0.3 is 25.4 Å². The summed E-state index contributed by atoms with van der Waals surface area (Å²) in [7, 11) is 1.22. The number of aliphatic hydroxyl groups excluding tert-OH is 1. The van der Waals surface area contributed by atoms with Gasteiger partial charge in [-0.05, 0) is 48.4 Å². The number of carbonyl (C=O) groups is 3. The number of nitrogens with two attached hydrogens (primary N) is 1. The summed E-state index contributed by atoms with van der Waals surface area (Å²) in [6, 6.07) is 14.5. The molecule has 1 aliphatic heterocycles. The van der Waals surface area contributed by atoms with Gasteiger partial charge in [0.1, 0.15) is 0 Å².